The van der Waals surface area contributed by atoms with Crippen molar-refractivity contribution >= 4 is 4.02 Å². The van der Waals surface area contributed by atoms with E-state index in [0.29, 0.717) is 6.73 Å². The van der Waals surface area contributed by atoms with Gasteiger partial charge in [-0.25, -0.2) is 0 Å². The average Bonchev–Trinajstić information content (AvgIpc) is 1.69. The van der Waals surface area contributed by atoms with Crippen LogP contribution in [0.5, 0.6) is 0 Å². The Morgan fingerprint density at radius 2 is 2.38 bits per heavy atom. The Morgan fingerprint density at radius 1 is 1.62 bits per heavy atom. The number of rotatable bonds is 0. The summed E-state index contributed by atoms with van der Waals surface area (Å²) < 4.78 is 6.26. The van der Waals surface area contributed by atoms with E-state index in [1.807, 2.05) is 0 Å². The number of hydrogen-bond acceptors (Lipinski definition) is 1. The number of ether oxygens (including phenoxy) is 1. The van der Waals surface area contributed by atoms with Crippen LogP contribution in [0.2, 0.25) is 0 Å². The predicted molar refractivity (Wildman–Crippen MR) is 23.8 cm³/mol. The molecule has 0 atom stereocenters. The van der Waals surface area contributed by atoms with Gasteiger partial charge in [-0.15, -0.1) is 0 Å². The molecule has 0 unspecified atom stereocenters. The van der Waals surface area contributed by atoms with E-state index < -0.39 is 0 Å². The molecular weight excluding hydrogens is 500 g/mol. The van der Waals surface area contributed by atoms with Crippen molar-refractivity contribution in [2.75, 3.05) is 13.3 Å². The van der Waals surface area contributed by atoms with Crippen LogP contribution in [0.3, 0.4) is 0 Å². The summed E-state index contributed by atoms with van der Waals surface area (Å²) in [4.78, 5) is 0. The zero-order valence-corrected chi connectivity index (χ0v) is 11.5. The molecule has 4 heteroatoms. The fourth-order valence-corrected chi connectivity index (χ4v) is 0.909. The van der Waals surface area contributed by atoms with E-state index >= 15 is 0 Å². The van der Waals surface area contributed by atoms with Crippen molar-refractivity contribution in [3.05, 3.63) is 5.32 Å². The fourth-order valence-electron chi connectivity index (χ4n) is 0.421. The molecule has 1 saturated heterocycles. The summed E-state index contributed by atoms with van der Waals surface area (Å²) in [5, 5.41) is 4.06. The molecule has 0 aromatic carbocycles. The normalized spacial score (nSPS) is 19.8. The second-order valence-electron chi connectivity index (χ2n) is 1.34. The van der Waals surface area contributed by atoms with Crippen LogP contribution in [0.25, 0.3) is 5.32 Å². The number of nitrogens with zero attached hydrogens (tertiary/aromatic N) is 1. The Kier molecular flexibility index (Phi) is 6.34. The molecule has 2 nitrogen and oxygen atoms in total. The molecule has 0 saturated carbocycles. The first kappa shape index (κ1) is 9.53. The van der Waals surface area contributed by atoms with Crippen molar-refractivity contribution in [1.82, 2.24) is 0 Å². The second kappa shape index (κ2) is 5.33. The third kappa shape index (κ3) is 3.54. The monoisotopic (exact) mass is 506 g/mol. The molecule has 8 heavy (non-hydrogen) atoms. The zero-order valence-electron chi connectivity index (χ0n) is 4.39. The second-order valence-corrected chi connectivity index (χ2v) is 3.03. The van der Waals surface area contributed by atoms with Crippen LogP contribution in [0.15, 0.2) is 0 Å². The molecule has 0 amide bonds. The van der Waals surface area contributed by atoms with Crippen LogP contribution < -0.4 is 0 Å². The van der Waals surface area contributed by atoms with Crippen LogP contribution >= 0.6 is 0 Å². The van der Waals surface area contributed by atoms with Gasteiger partial charge < -0.3 is 0 Å². The zero-order chi connectivity index (χ0) is 5.11. The molecule has 1 fully saturated rings. The molecule has 0 radical (unpaired) electrons. The molecule has 1 heterocycles. The van der Waals surface area contributed by atoms with E-state index in [9.17, 15) is 0 Å². The first-order valence-corrected chi connectivity index (χ1v) is 3.64. The summed E-state index contributed by atoms with van der Waals surface area (Å²) in [5.41, 5.74) is 0. The molecule has 0 spiro atoms. The van der Waals surface area contributed by atoms with Gasteiger partial charge in [0.2, 0.25) is 0 Å². The van der Waals surface area contributed by atoms with Gasteiger partial charge in [-0.2, -0.15) is 0 Å². The van der Waals surface area contributed by atoms with Gasteiger partial charge in [-0.3, -0.25) is 0 Å². The van der Waals surface area contributed by atoms with Crippen LogP contribution in [-0.4, -0.2) is 17.4 Å². The van der Waals surface area contributed by atoms with E-state index in [4.69, 9.17) is 4.74 Å². The first-order valence-electron chi connectivity index (χ1n) is 2.17. The topological polar surface area (TPSA) is 23.3 Å². The van der Waals surface area contributed by atoms with Crippen LogP contribution in [-0.2, 0) is 24.1 Å². The van der Waals surface area contributed by atoms with Crippen LogP contribution in [0.4, 0.5) is 0 Å². The van der Waals surface area contributed by atoms with Gasteiger partial charge >= 0.3 is 53.2 Å². The number of hydrogen-bond donors (Lipinski definition) is 0. The minimum atomic E-state index is 0. The van der Waals surface area contributed by atoms with Crippen molar-refractivity contribution in [2.24, 2.45) is 0 Å². The van der Waals surface area contributed by atoms with E-state index in [1.54, 1.807) is 0 Å². The summed E-state index contributed by atoms with van der Waals surface area (Å²) in [6.45, 7) is 1.47. The third-order valence-corrected chi connectivity index (χ3v) is 1.99. The molecule has 1 aliphatic rings. The van der Waals surface area contributed by atoms with E-state index in [2.05, 4.69) is 5.32 Å². The van der Waals surface area contributed by atoms with E-state index in [0.717, 1.165) is 13.0 Å². The maximum atomic E-state index is 4.97. The summed E-state index contributed by atoms with van der Waals surface area (Å²) in [5.74, 6) is 0. The quantitative estimate of drug-likeness (QED) is 0.468. The van der Waals surface area contributed by atoms with E-state index in [1.165, 1.54) is 23.4 Å². The van der Waals surface area contributed by atoms with Crippen molar-refractivity contribution in [2.45, 2.75) is 6.42 Å². The molecule has 0 aliphatic carbocycles. The fraction of sp³-hybridized carbons (Fsp3) is 0.750. The minimum absolute atomic E-state index is 0. The third-order valence-electron chi connectivity index (χ3n) is 0.792. The van der Waals surface area contributed by atoms with Gasteiger partial charge in [-0.05, 0) is 0 Å². The van der Waals surface area contributed by atoms with Crippen molar-refractivity contribution < 1.29 is 55.2 Å². The average molecular weight is 506 g/mol. The van der Waals surface area contributed by atoms with Crippen LogP contribution in [0.1, 0.15) is 6.42 Å². The van der Waals surface area contributed by atoms with Gasteiger partial charge in [-0.1, -0.05) is 0 Å². The Balaban J connectivity index is 0.000000490. The summed E-state index contributed by atoms with van der Waals surface area (Å²) in [6, 6.07) is 0. The van der Waals surface area contributed by atoms with Gasteiger partial charge in [0.25, 0.3) is 0 Å². The molecule has 0 aromatic rings. The van der Waals surface area contributed by atoms with Gasteiger partial charge in [0.15, 0.2) is 0 Å². The molecule has 1 rings (SSSR count). The van der Waals surface area contributed by atoms with Crippen molar-refractivity contribution in [3.8, 4) is 0 Å². The summed E-state index contributed by atoms with van der Waals surface area (Å²) in [7, 11) is 0. The Hall–Kier alpha value is 1.53. The standard InChI is InChI=1S/C4H6NO.U.W/c1-2-5-4-6-3-1;;/h1,3-4H2;;/q-1;;. The van der Waals surface area contributed by atoms with Crippen LogP contribution in [0, 0.1) is 31.1 Å². The van der Waals surface area contributed by atoms with Gasteiger partial charge in [0.05, 0.1) is 0 Å². The SMILES string of the molecule is [U].[W]=[C]1CCOC[N-]1. The maximum absolute atomic E-state index is 4.97. The van der Waals surface area contributed by atoms with Gasteiger partial charge in [0.1, 0.15) is 0 Å². The Labute approximate surface area is 83.5 Å². The van der Waals surface area contributed by atoms with Crippen molar-refractivity contribution in [1.29, 1.82) is 0 Å². The first-order chi connectivity index (χ1) is 3.39. The molecule has 0 aromatic heterocycles. The summed E-state index contributed by atoms with van der Waals surface area (Å²) >= 11 is 1.48. The molecule has 44 valence electrons. The van der Waals surface area contributed by atoms with E-state index in [-0.39, 0.29) is 31.1 Å². The molecule has 0 N–H and O–H groups in total. The molecule has 1 aliphatic heterocycles. The van der Waals surface area contributed by atoms with Gasteiger partial charge in [0, 0.05) is 31.1 Å². The van der Waals surface area contributed by atoms with Crippen molar-refractivity contribution in [3.63, 3.8) is 0 Å². The molecular formula is C4H6NOUW-. The predicted octanol–water partition coefficient (Wildman–Crippen LogP) is 0.415. The Morgan fingerprint density at radius 3 is 2.62 bits per heavy atom. The summed E-state index contributed by atoms with van der Waals surface area (Å²) in [6.07, 6.45) is 1.05. The Bertz CT molecular complexity index is 80.1. The molecule has 0 bridgehead atoms.